The highest BCUT2D eigenvalue weighted by Gasteiger charge is 2.20. The minimum atomic E-state index is -0.527. The van der Waals surface area contributed by atoms with Crippen molar-refractivity contribution >= 4 is 23.8 Å². The molecule has 1 unspecified atom stereocenters. The summed E-state index contributed by atoms with van der Waals surface area (Å²) in [6, 6.07) is 6.95. The normalized spacial score (nSPS) is 12.1. The minimum Gasteiger partial charge on any atom is -0.466 e. The second-order valence-corrected chi connectivity index (χ2v) is 4.45. The Morgan fingerprint density at radius 3 is 2.52 bits per heavy atom. The standard InChI is InChI=1S/C15H20N2O4/c1-3-5-13(15(19)21-4-2)11-6-8-12(9-7-11)17-14(18)10-16-20/h6-10,13,20H,3-5H2,1-2H3,(H,17,18)/b16-10+. The summed E-state index contributed by atoms with van der Waals surface area (Å²) in [5, 5.41) is 13.4. The van der Waals surface area contributed by atoms with Gasteiger partial charge in [-0.1, -0.05) is 30.6 Å². The summed E-state index contributed by atoms with van der Waals surface area (Å²) in [7, 11) is 0. The van der Waals surface area contributed by atoms with Crippen LogP contribution in [0.3, 0.4) is 0 Å². The van der Waals surface area contributed by atoms with Crippen molar-refractivity contribution in [3.8, 4) is 0 Å². The molecule has 0 fully saturated rings. The number of anilines is 1. The predicted octanol–water partition coefficient (Wildman–Crippen LogP) is 2.53. The van der Waals surface area contributed by atoms with Crippen LogP contribution in [0.25, 0.3) is 0 Å². The Bertz CT molecular complexity index is 497. The van der Waals surface area contributed by atoms with E-state index in [9.17, 15) is 9.59 Å². The van der Waals surface area contributed by atoms with Gasteiger partial charge in [0.05, 0.1) is 12.5 Å². The van der Waals surface area contributed by atoms with Crippen LogP contribution in [0.15, 0.2) is 29.4 Å². The Balaban J connectivity index is 2.82. The molecule has 0 heterocycles. The molecular formula is C15H20N2O4. The van der Waals surface area contributed by atoms with Gasteiger partial charge in [0, 0.05) is 5.69 Å². The van der Waals surface area contributed by atoms with Crippen LogP contribution in [0.1, 0.15) is 38.2 Å². The zero-order chi connectivity index (χ0) is 15.7. The van der Waals surface area contributed by atoms with Gasteiger partial charge in [-0.3, -0.25) is 9.59 Å². The molecule has 0 saturated heterocycles. The highest BCUT2D eigenvalue weighted by molar-refractivity contribution is 6.31. The zero-order valence-electron chi connectivity index (χ0n) is 12.2. The number of hydrogen-bond acceptors (Lipinski definition) is 5. The first-order valence-electron chi connectivity index (χ1n) is 6.87. The quantitative estimate of drug-likeness (QED) is 0.350. The molecule has 0 aliphatic heterocycles. The first-order valence-corrected chi connectivity index (χ1v) is 6.87. The smallest absolute Gasteiger partial charge is 0.313 e. The summed E-state index contributed by atoms with van der Waals surface area (Å²) in [6.07, 6.45) is 2.35. The number of oxime groups is 1. The van der Waals surface area contributed by atoms with Crippen molar-refractivity contribution in [2.45, 2.75) is 32.6 Å². The number of esters is 1. The summed E-state index contributed by atoms with van der Waals surface area (Å²) in [6.45, 7) is 4.14. The maximum atomic E-state index is 11.9. The lowest BCUT2D eigenvalue weighted by atomic mass is 9.94. The maximum Gasteiger partial charge on any atom is 0.313 e. The number of hydrogen-bond donors (Lipinski definition) is 2. The molecule has 1 rings (SSSR count). The van der Waals surface area contributed by atoms with Crippen molar-refractivity contribution in [2.24, 2.45) is 5.16 Å². The van der Waals surface area contributed by atoms with Crippen LogP contribution in [-0.4, -0.2) is 29.9 Å². The van der Waals surface area contributed by atoms with Crippen molar-refractivity contribution < 1.29 is 19.5 Å². The fourth-order valence-corrected chi connectivity index (χ4v) is 1.98. The van der Waals surface area contributed by atoms with Gasteiger partial charge < -0.3 is 15.3 Å². The van der Waals surface area contributed by atoms with Crippen LogP contribution in [0.4, 0.5) is 5.69 Å². The molecule has 21 heavy (non-hydrogen) atoms. The lowest BCUT2D eigenvalue weighted by Gasteiger charge is -2.15. The van der Waals surface area contributed by atoms with Gasteiger partial charge in [-0.25, -0.2) is 0 Å². The van der Waals surface area contributed by atoms with Gasteiger partial charge in [0.15, 0.2) is 0 Å². The molecule has 114 valence electrons. The molecule has 2 N–H and O–H groups in total. The second-order valence-electron chi connectivity index (χ2n) is 4.45. The van der Waals surface area contributed by atoms with Crippen molar-refractivity contribution in [1.82, 2.24) is 0 Å². The summed E-state index contributed by atoms with van der Waals surface area (Å²) in [5.41, 5.74) is 1.41. The van der Waals surface area contributed by atoms with Gasteiger partial charge in [0.2, 0.25) is 0 Å². The molecule has 0 aromatic heterocycles. The molecule has 0 bridgehead atoms. The molecule has 0 aliphatic rings. The molecule has 1 aromatic carbocycles. The fraction of sp³-hybridized carbons (Fsp3) is 0.400. The average Bonchev–Trinajstić information content (AvgIpc) is 2.46. The van der Waals surface area contributed by atoms with Crippen LogP contribution in [0, 0.1) is 0 Å². The van der Waals surface area contributed by atoms with E-state index in [2.05, 4.69) is 10.5 Å². The molecule has 1 aromatic rings. The Morgan fingerprint density at radius 2 is 2.00 bits per heavy atom. The van der Waals surface area contributed by atoms with E-state index in [-0.39, 0.29) is 11.9 Å². The molecule has 6 heteroatoms. The lowest BCUT2D eigenvalue weighted by Crippen LogP contribution is -2.16. The Labute approximate surface area is 123 Å². The molecular weight excluding hydrogens is 272 g/mol. The molecule has 0 aliphatic carbocycles. The van der Waals surface area contributed by atoms with Crippen LogP contribution in [-0.2, 0) is 14.3 Å². The first kappa shape index (κ1) is 16.7. The van der Waals surface area contributed by atoms with Gasteiger partial charge in [0.25, 0.3) is 5.91 Å². The van der Waals surface area contributed by atoms with E-state index in [0.29, 0.717) is 18.7 Å². The second kappa shape index (κ2) is 8.73. The highest BCUT2D eigenvalue weighted by atomic mass is 16.5. The largest absolute Gasteiger partial charge is 0.466 e. The maximum absolute atomic E-state index is 11.9. The third-order valence-electron chi connectivity index (χ3n) is 2.90. The number of amides is 1. The number of carbonyl (C=O) groups is 2. The summed E-state index contributed by atoms with van der Waals surface area (Å²) in [5.74, 6) is -1.05. The molecule has 0 spiro atoms. The van der Waals surface area contributed by atoms with Gasteiger partial charge >= 0.3 is 5.97 Å². The van der Waals surface area contributed by atoms with Crippen LogP contribution >= 0.6 is 0 Å². The topological polar surface area (TPSA) is 88.0 Å². The fourth-order valence-electron chi connectivity index (χ4n) is 1.98. The van der Waals surface area contributed by atoms with Gasteiger partial charge in [-0.05, 0) is 31.0 Å². The third kappa shape index (κ3) is 5.25. The third-order valence-corrected chi connectivity index (χ3v) is 2.90. The van der Waals surface area contributed by atoms with Crippen LogP contribution < -0.4 is 5.32 Å². The van der Waals surface area contributed by atoms with E-state index < -0.39 is 5.91 Å². The van der Waals surface area contributed by atoms with Crippen LogP contribution in [0.2, 0.25) is 0 Å². The van der Waals surface area contributed by atoms with E-state index >= 15 is 0 Å². The summed E-state index contributed by atoms with van der Waals surface area (Å²) in [4.78, 5) is 23.2. The van der Waals surface area contributed by atoms with E-state index in [0.717, 1.165) is 18.2 Å². The van der Waals surface area contributed by atoms with E-state index in [1.807, 2.05) is 6.92 Å². The molecule has 1 amide bonds. The average molecular weight is 292 g/mol. The first-order chi connectivity index (χ1) is 10.1. The Hall–Kier alpha value is -2.37. The predicted molar refractivity (Wildman–Crippen MR) is 79.6 cm³/mol. The van der Waals surface area contributed by atoms with E-state index in [1.54, 1.807) is 31.2 Å². The summed E-state index contributed by atoms with van der Waals surface area (Å²) < 4.78 is 5.08. The number of ether oxygens (including phenoxy) is 1. The molecule has 6 nitrogen and oxygen atoms in total. The summed E-state index contributed by atoms with van der Waals surface area (Å²) >= 11 is 0. The Morgan fingerprint density at radius 1 is 1.33 bits per heavy atom. The number of carbonyl (C=O) groups excluding carboxylic acids is 2. The van der Waals surface area contributed by atoms with Gasteiger partial charge in [-0.15, -0.1) is 0 Å². The minimum absolute atomic E-state index is 0.233. The van der Waals surface area contributed by atoms with E-state index in [1.165, 1.54) is 0 Å². The van der Waals surface area contributed by atoms with Crippen molar-refractivity contribution in [3.63, 3.8) is 0 Å². The number of nitrogens with zero attached hydrogens (tertiary/aromatic N) is 1. The number of nitrogens with one attached hydrogen (secondary N) is 1. The van der Waals surface area contributed by atoms with Gasteiger partial charge in [0.1, 0.15) is 6.21 Å². The van der Waals surface area contributed by atoms with Crippen molar-refractivity contribution in [3.05, 3.63) is 29.8 Å². The molecule has 0 saturated carbocycles. The molecule has 1 atom stereocenters. The van der Waals surface area contributed by atoms with Gasteiger partial charge in [-0.2, -0.15) is 0 Å². The number of benzene rings is 1. The molecule has 0 radical (unpaired) electrons. The van der Waals surface area contributed by atoms with Crippen LogP contribution in [0.5, 0.6) is 0 Å². The monoisotopic (exact) mass is 292 g/mol. The SMILES string of the molecule is CCCC(C(=O)OCC)c1ccc(NC(=O)/C=N/O)cc1. The number of rotatable bonds is 7. The Kier molecular flexibility index (Phi) is 6.94. The van der Waals surface area contributed by atoms with E-state index in [4.69, 9.17) is 9.94 Å². The van der Waals surface area contributed by atoms with Crippen molar-refractivity contribution in [1.29, 1.82) is 0 Å². The lowest BCUT2D eigenvalue weighted by molar-refractivity contribution is -0.145. The highest BCUT2D eigenvalue weighted by Crippen LogP contribution is 2.24. The zero-order valence-corrected chi connectivity index (χ0v) is 12.2. The van der Waals surface area contributed by atoms with Crippen molar-refractivity contribution in [2.75, 3.05) is 11.9 Å².